The topological polar surface area (TPSA) is 12.0 Å². The third kappa shape index (κ3) is 1.44. The fraction of sp³-hybridized carbons (Fsp3) is 0.500. The van der Waals surface area contributed by atoms with Crippen LogP contribution in [-0.4, -0.2) is 6.04 Å². The largest absolute Gasteiger partial charge is 0.307 e. The van der Waals surface area contributed by atoms with E-state index in [0.29, 0.717) is 6.04 Å². The van der Waals surface area contributed by atoms with Crippen molar-refractivity contribution in [2.75, 3.05) is 0 Å². The van der Waals surface area contributed by atoms with Crippen LogP contribution in [0.4, 0.5) is 4.39 Å². The van der Waals surface area contributed by atoms with E-state index in [-0.39, 0.29) is 5.82 Å². The molecular weight excluding hydrogens is 177 g/mol. The van der Waals surface area contributed by atoms with Crippen LogP contribution in [0.2, 0.25) is 0 Å². The number of hydrogen-bond donors (Lipinski definition) is 1. The highest BCUT2D eigenvalue weighted by molar-refractivity contribution is 5.35. The number of fused-ring (bicyclic) bond motifs is 1. The van der Waals surface area contributed by atoms with Crippen molar-refractivity contribution in [3.05, 3.63) is 35.1 Å². The Labute approximate surface area is 83.3 Å². The molecule has 74 valence electrons. The third-order valence-electron chi connectivity index (χ3n) is 3.20. The second-order valence-electron chi connectivity index (χ2n) is 4.38. The van der Waals surface area contributed by atoms with E-state index in [9.17, 15) is 4.39 Å². The minimum atomic E-state index is -0.101. The van der Waals surface area contributed by atoms with E-state index in [1.165, 1.54) is 24.0 Å². The molecule has 2 aliphatic rings. The zero-order valence-corrected chi connectivity index (χ0v) is 8.09. The van der Waals surface area contributed by atoms with E-state index >= 15 is 0 Å². The maximum Gasteiger partial charge on any atom is 0.123 e. The Morgan fingerprint density at radius 3 is 2.86 bits per heavy atom. The van der Waals surface area contributed by atoms with Gasteiger partial charge in [-0.2, -0.15) is 0 Å². The number of nitrogens with one attached hydrogen (secondary N) is 1. The van der Waals surface area contributed by atoms with Gasteiger partial charge in [0, 0.05) is 12.1 Å². The van der Waals surface area contributed by atoms with Crippen LogP contribution in [0.25, 0.3) is 0 Å². The molecule has 0 saturated heterocycles. The molecule has 0 heterocycles. The average molecular weight is 191 g/mol. The highest BCUT2D eigenvalue weighted by atomic mass is 19.1. The van der Waals surface area contributed by atoms with Crippen molar-refractivity contribution in [1.82, 2.24) is 5.32 Å². The molecule has 14 heavy (non-hydrogen) atoms. The van der Waals surface area contributed by atoms with Crippen LogP contribution in [-0.2, 0) is 6.42 Å². The molecule has 0 spiro atoms. The monoisotopic (exact) mass is 191 g/mol. The summed E-state index contributed by atoms with van der Waals surface area (Å²) in [5.41, 5.74) is 2.52. The summed E-state index contributed by atoms with van der Waals surface area (Å²) in [7, 11) is 0. The maximum atomic E-state index is 12.9. The summed E-state index contributed by atoms with van der Waals surface area (Å²) in [6.45, 7) is 0. The Kier molecular flexibility index (Phi) is 1.84. The normalized spacial score (nSPS) is 25.1. The Hall–Kier alpha value is -0.890. The van der Waals surface area contributed by atoms with Gasteiger partial charge in [0.25, 0.3) is 0 Å². The van der Waals surface area contributed by atoms with E-state index in [1.54, 1.807) is 12.1 Å². The molecule has 2 aliphatic carbocycles. The standard InChI is InChI=1S/C12H14FN/c13-9-2-5-11-8(7-9)1-6-12(11)14-10-3-4-10/h2,5,7,10,12,14H,1,3-4,6H2. The second-order valence-corrected chi connectivity index (χ2v) is 4.38. The lowest BCUT2D eigenvalue weighted by molar-refractivity contribution is 0.527. The number of aryl methyl sites for hydroxylation is 1. The molecule has 1 nitrogen and oxygen atoms in total. The summed E-state index contributed by atoms with van der Waals surface area (Å²) in [5, 5.41) is 3.61. The van der Waals surface area contributed by atoms with Gasteiger partial charge >= 0.3 is 0 Å². The first-order valence-corrected chi connectivity index (χ1v) is 5.37. The molecule has 1 aromatic carbocycles. The first-order valence-electron chi connectivity index (χ1n) is 5.37. The molecule has 1 N–H and O–H groups in total. The summed E-state index contributed by atoms with van der Waals surface area (Å²) in [6.07, 6.45) is 4.78. The first kappa shape index (κ1) is 8.42. The fourth-order valence-corrected chi connectivity index (χ4v) is 2.29. The molecule has 0 amide bonds. The second kappa shape index (κ2) is 3.06. The molecule has 0 bridgehead atoms. The number of halogens is 1. The Balaban J connectivity index is 1.85. The van der Waals surface area contributed by atoms with Gasteiger partial charge in [0.2, 0.25) is 0 Å². The minimum absolute atomic E-state index is 0.101. The number of hydrogen-bond acceptors (Lipinski definition) is 1. The fourth-order valence-electron chi connectivity index (χ4n) is 2.29. The zero-order valence-electron chi connectivity index (χ0n) is 8.09. The van der Waals surface area contributed by atoms with Gasteiger partial charge in [-0.15, -0.1) is 0 Å². The van der Waals surface area contributed by atoms with Crippen molar-refractivity contribution >= 4 is 0 Å². The van der Waals surface area contributed by atoms with Gasteiger partial charge in [0.05, 0.1) is 0 Å². The lowest BCUT2D eigenvalue weighted by Gasteiger charge is -2.12. The van der Waals surface area contributed by atoms with E-state index in [2.05, 4.69) is 5.32 Å². The predicted molar refractivity (Wildman–Crippen MR) is 53.6 cm³/mol. The third-order valence-corrected chi connectivity index (χ3v) is 3.20. The number of rotatable bonds is 2. The molecule has 3 rings (SSSR count). The zero-order chi connectivity index (χ0) is 9.54. The molecule has 1 atom stereocenters. The van der Waals surface area contributed by atoms with Crippen molar-refractivity contribution in [3.63, 3.8) is 0 Å². The van der Waals surface area contributed by atoms with Crippen LogP contribution < -0.4 is 5.32 Å². The van der Waals surface area contributed by atoms with Crippen LogP contribution >= 0.6 is 0 Å². The van der Waals surface area contributed by atoms with Crippen LogP contribution in [0.1, 0.15) is 36.4 Å². The highest BCUT2D eigenvalue weighted by Gasteiger charge is 2.29. The van der Waals surface area contributed by atoms with Crippen molar-refractivity contribution in [3.8, 4) is 0 Å². The van der Waals surface area contributed by atoms with Crippen molar-refractivity contribution in [2.45, 2.75) is 37.8 Å². The summed E-state index contributed by atoms with van der Waals surface area (Å²) >= 11 is 0. The van der Waals surface area contributed by atoms with Gasteiger partial charge < -0.3 is 5.32 Å². The SMILES string of the molecule is Fc1ccc2c(c1)CCC2NC1CC1. The number of benzene rings is 1. The Morgan fingerprint density at radius 1 is 1.21 bits per heavy atom. The van der Waals surface area contributed by atoms with Crippen LogP contribution in [0.5, 0.6) is 0 Å². The smallest absolute Gasteiger partial charge is 0.123 e. The summed E-state index contributed by atoms with van der Waals surface area (Å²) in [6, 6.07) is 6.42. The van der Waals surface area contributed by atoms with E-state index < -0.39 is 0 Å². The highest BCUT2D eigenvalue weighted by Crippen LogP contribution is 2.34. The van der Waals surface area contributed by atoms with Gasteiger partial charge in [-0.05, 0) is 48.9 Å². The van der Waals surface area contributed by atoms with Gasteiger partial charge in [-0.3, -0.25) is 0 Å². The molecule has 2 heteroatoms. The Bertz CT molecular complexity index is 357. The van der Waals surface area contributed by atoms with Crippen LogP contribution in [0.3, 0.4) is 0 Å². The maximum absolute atomic E-state index is 12.9. The van der Waals surface area contributed by atoms with Crippen LogP contribution in [0, 0.1) is 5.82 Å². The van der Waals surface area contributed by atoms with Gasteiger partial charge in [-0.1, -0.05) is 6.07 Å². The minimum Gasteiger partial charge on any atom is -0.307 e. The van der Waals surface area contributed by atoms with Gasteiger partial charge in [0.15, 0.2) is 0 Å². The molecular formula is C12H14FN. The van der Waals surface area contributed by atoms with E-state index in [1.807, 2.05) is 6.07 Å². The predicted octanol–water partition coefficient (Wildman–Crippen LogP) is 2.57. The lowest BCUT2D eigenvalue weighted by atomic mass is 10.1. The first-order chi connectivity index (χ1) is 6.83. The van der Waals surface area contributed by atoms with E-state index in [0.717, 1.165) is 18.9 Å². The summed E-state index contributed by atoms with van der Waals surface area (Å²) < 4.78 is 12.9. The molecule has 1 saturated carbocycles. The van der Waals surface area contributed by atoms with Crippen molar-refractivity contribution in [2.24, 2.45) is 0 Å². The van der Waals surface area contributed by atoms with Crippen molar-refractivity contribution < 1.29 is 4.39 Å². The average Bonchev–Trinajstić information content (AvgIpc) is 2.89. The van der Waals surface area contributed by atoms with Gasteiger partial charge in [0.1, 0.15) is 5.82 Å². The van der Waals surface area contributed by atoms with Gasteiger partial charge in [-0.25, -0.2) is 4.39 Å². The van der Waals surface area contributed by atoms with E-state index in [4.69, 9.17) is 0 Å². The summed E-state index contributed by atoms with van der Waals surface area (Å²) in [5.74, 6) is -0.101. The summed E-state index contributed by atoms with van der Waals surface area (Å²) in [4.78, 5) is 0. The molecule has 0 aromatic heterocycles. The lowest BCUT2D eigenvalue weighted by Crippen LogP contribution is -2.21. The molecule has 0 aliphatic heterocycles. The molecule has 1 fully saturated rings. The van der Waals surface area contributed by atoms with Crippen LogP contribution in [0.15, 0.2) is 18.2 Å². The molecule has 1 unspecified atom stereocenters. The van der Waals surface area contributed by atoms with Crippen molar-refractivity contribution in [1.29, 1.82) is 0 Å². The molecule has 1 aromatic rings. The quantitative estimate of drug-likeness (QED) is 0.757. The molecule has 0 radical (unpaired) electrons. The Morgan fingerprint density at radius 2 is 2.07 bits per heavy atom.